The molecule has 3 aromatic rings. The number of imide groups is 2. The van der Waals surface area contributed by atoms with Gasteiger partial charge in [0.25, 0.3) is 11.8 Å². The van der Waals surface area contributed by atoms with E-state index in [4.69, 9.17) is 16.3 Å². The third-order valence-corrected chi connectivity index (χ3v) is 6.66. The lowest BCUT2D eigenvalue weighted by Crippen LogP contribution is -2.54. The Morgan fingerprint density at radius 1 is 0.917 bits per heavy atom. The highest BCUT2D eigenvalue weighted by molar-refractivity contribution is 6.39. The lowest BCUT2D eigenvalue weighted by atomic mass is 10.1. The number of carbonyl (C=O) groups excluding carboxylic acids is 3. The summed E-state index contributed by atoms with van der Waals surface area (Å²) in [5.41, 5.74) is 4.80. The number of ether oxygens (including phenoxy) is 1. The molecule has 2 saturated heterocycles. The fourth-order valence-corrected chi connectivity index (χ4v) is 4.81. The number of amides is 4. The number of halogens is 1. The van der Waals surface area contributed by atoms with E-state index < -0.39 is 17.8 Å². The molecule has 8 nitrogen and oxygen atoms in total. The van der Waals surface area contributed by atoms with Crippen LogP contribution in [0.2, 0.25) is 5.02 Å². The summed E-state index contributed by atoms with van der Waals surface area (Å²) < 4.78 is 7.51. The van der Waals surface area contributed by atoms with Gasteiger partial charge in [0.2, 0.25) is 0 Å². The van der Waals surface area contributed by atoms with Gasteiger partial charge in [0.1, 0.15) is 5.57 Å². The Hall–Kier alpha value is -3.88. The number of aryl methyl sites for hydroxylation is 1. The summed E-state index contributed by atoms with van der Waals surface area (Å²) in [5, 5.41) is 2.63. The van der Waals surface area contributed by atoms with E-state index >= 15 is 0 Å². The highest BCUT2D eigenvalue weighted by Crippen LogP contribution is 2.28. The predicted octanol–water partition coefficient (Wildman–Crippen LogP) is 4.25. The standard InChI is InChI=1S/C27H25ClN4O4/c1-17-14-19(18(2)31(17)22-8-6-21(7-9-22)30-10-12-36-13-11-30)15-24-25(33)29-27(35)32(26(24)34)23-5-3-4-20(28)16-23/h3-9,14-16H,10-13H2,1-2H3,(H,29,33,35)/b24-15+. The first-order valence-electron chi connectivity index (χ1n) is 11.6. The molecular weight excluding hydrogens is 480 g/mol. The number of anilines is 2. The number of hydrogen-bond acceptors (Lipinski definition) is 5. The minimum Gasteiger partial charge on any atom is -0.378 e. The van der Waals surface area contributed by atoms with Crippen molar-refractivity contribution in [3.05, 3.63) is 82.1 Å². The lowest BCUT2D eigenvalue weighted by molar-refractivity contribution is -0.122. The molecule has 0 saturated carbocycles. The van der Waals surface area contributed by atoms with Crippen molar-refractivity contribution in [2.75, 3.05) is 36.1 Å². The molecule has 0 aliphatic carbocycles. The Bertz CT molecular complexity index is 1390. The summed E-state index contributed by atoms with van der Waals surface area (Å²) in [6.07, 6.45) is 1.53. The first kappa shape index (κ1) is 23.8. The average molecular weight is 505 g/mol. The van der Waals surface area contributed by atoms with Crippen LogP contribution >= 0.6 is 11.6 Å². The molecule has 2 aliphatic heterocycles. The number of morpholine rings is 1. The molecule has 2 aromatic carbocycles. The van der Waals surface area contributed by atoms with Crippen molar-refractivity contribution in [2.45, 2.75) is 13.8 Å². The van der Waals surface area contributed by atoms with Gasteiger partial charge in [-0.2, -0.15) is 0 Å². The third-order valence-electron chi connectivity index (χ3n) is 6.42. The van der Waals surface area contributed by atoms with E-state index in [9.17, 15) is 14.4 Å². The van der Waals surface area contributed by atoms with E-state index in [1.807, 2.05) is 19.9 Å². The second-order valence-corrected chi connectivity index (χ2v) is 9.15. The minimum absolute atomic E-state index is 0.127. The summed E-state index contributed by atoms with van der Waals surface area (Å²) in [5.74, 6) is -1.44. The first-order chi connectivity index (χ1) is 17.3. The Kier molecular flexibility index (Phi) is 6.38. The van der Waals surface area contributed by atoms with Gasteiger partial charge in [0, 0.05) is 40.9 Å². The number of rotatable bonds is 4. The fourth-order valence-electron chi connectivity index (χ4n) is 4.63. The second-order valence-electron chi connectivity index (χ2n) is 8.72. The molecule has 4 amide bonds. The number of nitrogens with one attached hydrogen (secondary N) is 1. The number of aromatic nitrogens is 1. The van der Waals surface area contributed by atoms with Crippen LogP contribution in [0.25, 0.3) is 11.8 Å². The summed E-state index contributed by atoms with van der Waals surface area (Å²) in [4.78, 5) is 41.5. The van der Waals surface area contributed by atoms with Gasteiger partial charge >= 0.3 is 6.03 Å². The second kappa shape index (κ2) is 9.64. The zero-order valence-corrected chi connectivity index (χ0v) is 20.7. The lowest BCUT2D eigenvalue weighted by Gasteiger charge is -2.29. The van der Waals surface area contributed by atoms with Gasteiger partial charge in [-0.1, -0.05) is 17.7 Å². The molecule has 1 N–H and O–H groups in total. The van der Waals surface area contributed by atoms with Crippen LogP contribution in [0.1, 0.15) is 17.0 Å². The average Bonchev–Trinajstić information content (AvgIpc) is 3.15. The monoisotopic (exact) mass is 504 g/mol. The van der Waals surface area contributed by atoms with Crippen molar-refractivity contribution >= 4 is 46.9 Å². The Morgan fingerprint density at radius 3 is 2.31 bits per heavy atom. The van der Waals surface area contributed by atoms with E-state index in [0.717, 1.165) is 54.0 Å². The molecule has 5 rings (SSSR count). The van der Waals surface area contributed by atoms with Gasteiger partial charge < -0.3 is 14.2 Å². The highest BCUT2D eigenvalue weighted by Gasteiger charge is 2.37. The SMILES string of the molecule is Cc1cc(/C=C2\C(=O)NC(=O)N(c3cccc(Cl)c3)C2=O)c(C)n1-c1ccc(N2CCOCC2)cc1. The molecule has 184 valence electrons. The van der Waals surface area contributed by atoms with E-state index in [1.165, 1.54) is 12.1 Å². The van der Waals surface area contributed by atoms with Crippen molar-refractivity contribution in [3.63, 3.8) is 0 Å². The van der Waals surface area contributed by atoms with Crippen LogP contribution in [-0.4, -0.2) is 48.7 Å². The van der Waals surface area contributed by atoms with Gasteiger partial charge in [-0.25, -0.2) is 9.69 Å². The zero-order chi connectivity index (χ0) is 25.4. The maximum Gasteiger partial charge on any atom is 0.335 e. The van der Waals surface area contributed by atoms with E-state index in [-0.39, 0.29) is 11.3 Å². The van der Waals surface area contributed by atoms with E-state index in [0.29, 0.717) is 10.6 Å². The van der Waals surface area contributed by atoms with Crippen LogP contribution in [0.3, 0.4) is 0 Å². The highest BCUT2D eigenvalue weighted by atomic mass is 35.5. The largest absolute Gasteiger partial charge is 0.378 e. The molecule has 0 bridgehead atoms. The maximum atomic E-state index is 13.2. The molecular formula is C27H25ClN4O4. The molecule has 1 aromatic heterocycles. The van der Waals surface area contributed by atoms with Crippen LogP contribution in [0.4, 0.5) is 16.2 Å². The molecule has 0 atom stereocenters. The fraction of sp³-hybridized carbons (Fsp3) is 0.222. The molecule has 0 unspecified atom stereocenters. The number of carbonyl (C=O) groups is 3. The smallest absolute Gasteiger partial charge is 0.335 e. The summed E-state index contributed by atoms with van der Waals surface area (Å²) >= 11 is 6.05. The molecule has 2 aliphatic rings. The molecule has 9 heteroatoms. The van der Waals surface area contributed by atoms with Crippen molar-refractivity contribution in [1.82, 2.24) is 9.88 Å². The van der Waals surface area contributed by atoms with Crippen molar-refractivity contribution < 1.29 is 19.1 Å². The molecule has 0 spiro atoms. The number of barbiturate groups is 1. The van der Waals surface area contributed by atoms with Crippen molar-refractivity contribution in [3.8, 4) is 5.69 Å². The summed E-state index contributed by atoms with van der Waals surface area (Å²) in [7, 11) is 0. The minimum atomic E-state index is -0.810. The van der Waals surface area contributed by atoms with Gasteiger partial charge in [0.05, 0.1) is 18.9 Å². The Labute approximate surface area is 213 Å². The van der Waals surface area contributed by atoms with Crippen molar-refractivity contribution in [1.29, 1.82) is 0 Å². The zero-order valence-electron chi connectivity index (χ0n) is 20.0. The first-order valence-corrected chi connectivity index (χ1v) is 12.0. The summed E-state index contributed by atoms with van der Waals surface area (Å²) in [6.45, 7) is 7.08. The van der Waals surface area contributed by atoms with Gasteiger partial charge in [0.15, 0.2) is 0 Å². The molecule has 3 heterocycles. The molecule has 36 heavy (non-hydrogen) atoms. The van der Waals surface area contributed by atoms with Crippen LogP contribution < -0.4 is 15.1 Å². The summed E-state index contributed by atoms with van der Waals surface area (Å²) in [6, 6.07) is 15.8. The number of urea groups is 1. The Balaban J connectivity index is 1.46. The number of benzene rings is 2. The molecule has 2 fully saturated rings. The maximum absolute atomic E-state index is 13.2. The van der Waals surface area contributed by atoms with Gasteiger partial charge in [-0.05, 0) is 74.0 Å². The van der Waals surface area contributed by atoms with Crippen LogP contribution in [-0.2, 0) is 14.3 Å². The number of nitrogens with zero attached hydrogens (tertiary/aromatic N) is 3. The normalized spacial score (nSPS) is 17.6. The van der Waals surface area contributed by atoms with Crippen LogP contribution in [0.15, 0.2) is 60.2 Å². The van der Waals surface area contributed by atoms with Crippen LogP contribution in [0, 0.1) is 13.8 Å². The Morgan fingerprint density at radius 2 is 1.61 bits per heavy atom. The number of hydrogen-bond donors (Lipinski definition) is 1. The van der Waals surface area contributed by atoms with Crippen molar-refractivity contribution in [2.24, 2.45) is 0 Å². The van der Waals surface area contributed by atoms with Gasteiger partial charge in [-0.15, -0.1) is 0 Å². The van der Waals surface area contributed by atoms with E-state index in [1.54, 1.807) is 18.2 Å². The quantitative estimate of drug-likeness (QED) is 0.424. The third kappa shape index (κ3) is 4.41. The van der Waals surface area contributed by atoms with Crippen LogP contribution in [0.5, 0.6) is 0 Å². The van der Waals surface area contributed by atoms with Gasteiger partial charge in [-0.3, -0.25) is 14.9 Å². The topological polar surface area (TPSA) is 83.9 Å². The van der Waals surface area contributed by atoms with E-state index in [2.05, 4.69) is 39.0 Å². The predicted molar refractivity (Wildman–Crippen MR) is 139 cm³/mol. The molecule has 0 radical (unpaired) electrons.